The van der Waals surface area contributed by atoms with Gasteiger partial charge in [-0.05, 0) is 45.1 Å². The molecule has 1 N–H and O–H groups in total. The summed E-state index contributed by atoms with van der Waals surface area (Å²) in [6, 6.07) is 0.940. The molecule has 2 saturated heterocycles. The Morgan fingerprint density at radius 1 is 1.18 bits per heavy atom. The molecule has 1 atom stereocenters. The Bertz CT molecular complexity index is 702. The summed E-state index contributed by atoms with van der Waals surface area (Å²) in [5.41, 5.74) is 0. The van der Waals surface area contributed by atoms with Crippen LogP contribution in [-0.2, 0) is 4.79 Å². The van der Waals surface area contributed by atoms with Gasteiger partial charge in [0.05, 0.1) is 12.1 Å². The zero-order valence-electron chi connectivity index (χ0n) is 16.9. The lowest BCUT2D eigenvalue weighted by atomic mass is 9.93. The molecular formula is C20H31FN6O. The molecule has 4 rings (SSSR count). The maximum Gasteiger partial charge on any atom is 0.227 e. The standard InChI is InChI=1S/C20H31FN6O/c1-25(2)18-17(21)12-22-20(24-18)26-10-7-16(8-11-26)27-9-3-4-14(13-27)19(28)23-15-5-6-15/h12,14-16H,3-11,13H2,1-2H3,(H,23,28). The van der Waals surface area contributed by atoms with Gasteiger partial charge in [0.25, 0.3) is 0 Å². The van der Waals surface area contributed by atoms with Gasteiger partial charge in [-0.1, -0.05) is 0 Å². The highest BCUT2D eigenvalue weighted by Gasteiger charge is 2.34. The van der Waals surface area contributed by atoms with Gasteiger partial charge in [-0.25, -0.2) is 9.37 Å². The molecule has 3 heterocycles. The van der Waals surface area contributed by atoms with Gasteiger partial charge in [0.2, 0.25) is 11.9 Å². The monoisotopic (exact) mass is 390 g/mol. The quantitative estimate of drug-likeness (QED) is 0.825. The van der Waals surface area contributed by atoms with Crippen LogP contribution in [0.2, 0.25) is 0 Å². The zero-order valence-corrected chi connectivity index (χ0v) is 16.9. The fraction of sp³-hybridized carbons (Fsp3) is 0.750. The SMILES string of the molecule is CN(C)c1nc(N2CCC(N3CCCC(C(=O)NC4CC4)C3)CC2)ncc1F. The highest BCUT2D eigenvalue weighted by Crippen LogP contribution is 2.27. The molecule has 154 valence electrons. The summed E-state index contributed by atoms with van der Waals surface area (Å²) >= 11 is 0. The summed E-state index contributed by atoms with van der Waals surface area (Å²) in [4.78, 5) is 27.4. The van der Waals surface area contributed by atoms with Crippen LogP contribution in [-0.4, -0.2) is 73.1 Å². The normalized spacial score (nSPS) is 24.2. The third-order valence-electron chi connectivity index (χ3n) is 6.15. The van der Waals surface area contributed by atoms with Crippen LogP contribution in [0.15, 0.2) is 6.20 Å². The van der Waals surface area contributed by atoms with Crippen molar-refractivity contribution in [3.63, 3.8) is 0 Å². The summed E-state index contributed by atoms with van der Waals surface area (Å²) in [7, 11) is 3.57. The molecule has 8 heteroatoms. The van der Waals surface area contributed by atoms with Gasteiger partial charge in [0.1, 0.15) is 0 Å². The number of carbonyl (C=O) groups excluding carboxylic acids is 1. The van der Waals surface area contributed by atoms with Crippen LogP contribution in [0.1, 0.15) is 38.5 Å². The van der Waals surface area contributed by atoms with Crippen molar-refractivity contribution in [1.29, 1.82) is 0 Å². The summed E-state index contributed by atoms with van der Waals surface area (Å²) < 4.78 is 13.9. The van der Waals surface area contributed by atoms with Crippen molar-refractivity contribution in [2.75, 3.05) is 50.1 Å². The first kappa shape index (κ1) is 19.4. The molecule has 0 aromatic carbocycles. The Balaban J connectivity index is 1.32. The van der Waals surface area contributed by atoms with Crippen LogP contribution >= 0.6 is 0 Å². The van der Waals surface area contributed by atoms with Crippen molar-refractivity contribution >= 4 is 17.7 Å². The molecule has 7 nitrogen and oxygen atoms in total. The molecule has 0 bridgehead atoms. The highest BCUT2D eigenvalue weighted by molar-refractivity contribution is 5.79. The van der Waals surface area contributed by atoms with E-state index in [1.165, 1.54) is 6.20 Å². The molecule has 1 aliphatic carbocycles. The fourth-order valence-corrected chi connectivity index (χ4v) is 4.34. The number of hydrogen-bond donors (Lipinski definition) is 1. The highest BCUT2D eigenvalue weighted by atomic mass is 19.1. The number of nitrogens with zero attached hydrogens (tertiary/aromatic N) is 5. The maximum atomic E-state index is 13.9. The van der Waals surface area contributed by atoms with Crippen molar-refractivity contribution in [3.05, 3.63) is 12.0 Å². The van der Waals surface area contributed by atoms with Crippen molar-refractivity contribution < 1.29 is 9.18 Å². The number of carbonyl (C=O) groups is 1. The van der Waals surface area contributed by atoms with Gasteiger partial charge in [0.15, 0.2) is 11.6 Å². The molecule has 1 unspecified atom stereocenters. The van der Waals surface area contributed by atoms with E-state index >= 15 is 0 Å². The number of likely N-dealkylation sites (tertiary alicyclic amines) is 1. The molecule has 1 aromatic heterocycles. The number of aromatic nitrogens is 2. The van der Waals surface area contributed by atoms with Gasteiger partial charge in [0, 0.05) is 45.8 Å². The average Bonchev–Trinajstić information content (AvgIpc) is 3.52. The van der Waals surface area contributed by atoms with Crippen LogP contribution in [0.3, 0.4) is 0 Å². The van der Waals surface area contributed by atoms with Crippen LogP contribution in [0.25, 0.3) is 0 Å². The van der Waals surface area contributed by atoms with Gasteiger partial charge in [-0.15, -0.1) is 0 Å². The number of piperidine rings is 2. The smallest absolute Gasteiger partial charge is 0.227 e. The summed E-state index contributed by atoms with van der Waals surface area (Å²) in [6.45, 7) is 3.67. The largest absolute Gasteiger partial charge is 0.360 e. The average molecular weight is 391 g/mol. The third kappa shape index (κ3) is 4.37. The Labute approximate surface area is 166 Å². The molecule has 1 aromatic rings. The van der Waals surface area contributed by atoms with E-state index in [0.717, 1.165) is 64.7 Å². The lowest BCUT2D eigenvalue weighted by molar-refractivity contribution is -0.127. The first-order valence-corrected chi connectivity index (χ1v) is 10.5. The van der Waals surface area contributed by atoms with Gasteiger partial charge in [-0.2, -0.15) is 4.98 Å². The summed E-state index contributed by atoms with van der Waals surface area (Å²) in [5, 5.41) is 3.17. The Hall–Kier alpha value is -1.96. The molecule has 0 spiro atoms. The van der Waals surface area contributed by atoms with Crippen LogP contribution in [0.4, 0.5) is 16.2 Å². The molecule has 3 fully saturated rings. The van der Waals surface area contributed by atoms with E-state index in [0.29, 0.717) is 23.8 Å². The third-order valence-corrected chi connectivity index (χ3v) is 6.15. The van der Waals surface area contributed by atoms with Crippen molar-refractivity contribution in [1.82, 2.24) is 20.2 Å². The Kier molecular flexibility index (Phi) is 5.66. The van der Waals surface area contributed by atoms with E-state index in [-0.39, 0.29) is 11.8 Å². The van der Waals surface area contributed by atoms with Crippen LogP contribution in [0, 0.1) is 11.7 Å². The van der Waals surface area contributed by atoms with Crippen molar-refractivity contribution in [3.8, 4) is 0 Å². The molecule has 3 aliphatic rings. The Morgan fingerprint density at radius 3 is 2.61 bits per heavy atom. The number of nitrogens with one attached hydrogen (secondary N) is 1. The second kappa shape index (κ2) is 8.19. The van der Waals surface area contributed by atoms with Gasteiger partial charge in [-0.3, -0.25) is 9.69 Å². The molecule has 2 aliphatic heterocycles. The second-order valence-electron chi connectivity index (χ2n) is 8.57. The van der Waals surface area contributed by atoms with E-state index in [9.17, 15) is 9.18 Å². The topological polar surface area (TPSA) is 64.6 Å². The van der Waals surface area contributed by atoms with E-state index in [2.05, 4.69) is 25.1 Å². The number of amides is 1. The van der Waals surface area contributed by atoms with E-state index in [1.807, 2.05) is 0 Å². The van der Waals surface area contributed by atoms with Crippen molar-refractivity contribution in [2.45, 2.75) is 50.6 Å². The predicted octanol–water partition coefficient (Wildman–Crippen LogP) is 1.64. The first-order valence-electron chi connectivity index (χ1n) is 10.5. The number of halogens is 1. The van der Waals surface area contributed by atoms with Crippen LogP contribution in [0.5, 0.6) is 0 Å². The van der Waals surface area contributed by atoms with E-state index < -0.39 is 5.82 Å². The minimum Gasteiger partial charge on any atom is -0.360 e. The van der Waals surface area contributed by atoms with E-state index in [1.54, 1.807) is 19.0 Å². The Morgan fingerprint density at radius 2 is 1.93 bits per heavy atom. The fourth-order valence-electron chi connectivity index (χ4n) is 4.34. The number of anilines is 2. The number of rotatable bonds is 5. The molecular weight excluding hydrogens is 359 g/mol. The lowest BCUT2D eigenvalue weighted by Gasteiger charge is -2.42. The number of hydrogen-bond acceptors (Lipinski definition) is 6. The lowest BCUT2D eigenvalue weighted by Crippen LogP contribution is -2.51. The molecule has 1 saturated carbocycles. The van der Waals surface area contributed by atoms with Crippen molar-refractivity contribution in [2.24, 2.45) is 5.92 Å². The van der Waals surface area contributed by atoms with E-state index in [4.69, 9.17) is 0 Å². The molecule has 28 heavy (non-hydrogen) atoms. The zero-order chi connectivity index (χ0) is 19.7. The summed E-state index contributed by atoms with van der Waals surface area (Å²) in [6.07, 6.45) is 7.69. The predicted molar refractivity (Wildman–Crippen MR) is 107 cm³/mol. The first-order chi connectivity index (χ1) is 13.5. The minimum atomic E-state index is -0.396. The molecule has 0 radical (unpaired) electrons. The van der Waals surface area contributed by atoms with Crippen LogP contribution < -0.4 is 15.1 Å². The maximum absolute atomic E-state index is 13.9. The van der Waals surface area contributed by atoms with Gasteiger partial charge >= 0.3 is 0 Å². The second-order valence-corrected chi connectivity index (χ2v) is 8.57. The summed E-state index contributed by atoms with van der Waals surface area (Å²) in [5.74, 6) is 0.917. The van der Waals surface area contributed by atoms with Gasteiger partial charge < -0.3 is 15.1 Å². The minimum absolute atomic E-state index is 0.135. The molecule has 1 amide bonds.